The van der Waals surface area contributed by atoms with Crippen LogP contribution in [0.1, 0.15) is 58.3 Å². The van der Waals surface area contributed by atoms with Gasteiger partial charge in [-0.3, -0.25) is 9.59 Å². The van der Waals surface area contributed by atoms with E-state index in [0.717, 1.165) is 37.6 Å². The number of hydrogen-bond donors (Lipinski definition) is 1. The number of esters is 1. The Labute approximate surface area is 140 Å². The second kappa shape index (κ2) is 9.09. The summed E-state index contributed by atoms with van der Waals surface area (Å²) < 4.78 is 4.66. The zero-order valence-electron chi connectivity index (χ0n) is 14.6. The van der Waals surface area contributed by atoms with Crippen molar-refractivity contribution in [1.29, 1.82) is 0 Å². The first kappa shape index (κ1) is 18.0. The summed E-state index contributed by atoms with van der Waals surface area (Å²) in [7, 11) is 1.44. The number of nitrogens with one attached hydrogen (secondary N) is 1. The minimum Gasteiger partial charge on any atom is -0.469 e. The Balaban J connectivity index is 1.78. The minimum atomic E-state index is -0.130. The molecule has 1 unspecified atom stereocenters. The maximum absolute atomic E-state index is 11.7. The van der Waals surface area contributed by atoms with Gasteiger partial charge in [0.15, 0.2) is 0 Å². The molecular formula is C19H31NO3. The van der Waals surface area contributed by atoms with E-state index in [1.165, 1.54) is 26.4 Å². The van der Waals surface area contributed by atoms with Crippen molar-refractivity contribution in [3.63, 3.8) is 0 Å². The van der Waals surface area contributed by atoms with Crippen LogP contribution in [0.3, 0.4) is 0 Å². The summed E-state index contributed by atoms with van der Waals surface area (Å²) in [4.78, 5) is 22.8. The second-order valence-electron chi connectivity index (χ2n) is 7.03. The normalized spacial score (nSPS) is 29.1. The lowest BCUT2D eigenvalue weighted by Crippen LogP contribution is -2.35. The van der Waals surface area contributed by atoms with Crippen molar-refractivity contribution in [2.45, 2.75) is 58.3 Å². The Kier molecular flexibility index (Phi) is 7.13. The third-order valence-corrected chi connectivity index (χ3v) is 5.51. The van der Waals surface area contributed by atoms with Crippen LogP contribution in [-0.2, 0) is 14.3 Å². The number of carbonyl (C=O) groups excluding carboxylic acids is 2. The summed E-state index contributed by atoms with van der Waals surface area (Å²) in [6.07, 6.45) is 12.4. The lowest BCUT2D eigenvalue weighted by atomic mass is 9.79. The van der Waals surface area contributed by atoms with Crippen LogP contribution in [0.15, 0.2) is 12.2 Å². The van der Waals surface area contributed by atoms with Crippen molar-refractivity contribution >= 4 is 11.9 Å². The average Bonchev–Trinajstić information content (AvgIpc) is 3.14. The first-order valence-electron chi connectivity index (χ1n) is 9.15. The van der Waals surface area contributed by atoms with Gasteiger partial charge in [-0.25, -0.2) is 0 Å². The van der Waals surface area contributed by atoms with Gasteiger partial charge in [-0.05, 0) is 62.2 Å². The number of unbranched alkanes of at least 4 members (excludes halogenated alkanes) is 1. The molecule has 0 saturated heterocycles. The molecule has 0 aromatic rings. The van der Waals surface area contributed by atoms with Gasteiger partial charge >= 0.3 is 5.97 Å². The number of hydrogen-bond acceptors (Lipinski definition) is 3. The zero-order valence-corrected chi connectivity index (χ0v) is 14.6. The molecule has 0 radical (unpaired) electrons. The molecule has 0 aliphatic heterocycles. The van der Waals surface area contributed by atoms with Crippen molar-refractivity contribution in [3.05, 3.63) is 12.2 Å². The number of rotatable bonds is 9. The van der Waals surface area contributed by atoms with E-state index in [-0.39, 0.29) is 11.9 Å². The van der Waals surface area contributed by atoms with Gasteiger partial charge in [-0.2, -0.15) is 0 Å². The highest BCUT2D eigenvalue weighted by molar-refractivity contribution is 5.75. The summed E-state index contributed by atoms with van der Waals surface area (Å²) >= 11 is 0. The van der Waals surface area contributed by atoms with Gasteiger partial charge < -0.3 is 10.1 Å². The van der Waals surface area contributed by atoms with Crippen LogP contribution in [0.25, 0.3) is 0 Å². The maximum atomic E-state index is 11.7. The molecule has 2 fully saturated rings. The van der Waals surface area contributed by atoms with Crippen LogP contribution in [0.4, 0.5) is 0 Å². The lowest BCUT2D eigenvalue weighted by Gasteiger charge is -2.29. The number of methoxy groups -OCH3 is 1. The SMILES string of the molecule is CCCC(=O)NCC1[C@@H]2CC[C@@H](C2)[C@@H]1/C=C\CCCC(=O)OC. The van der Waals surface area contributed by atoms with Crippen LogP contribution in [0, 0.1) is 23.7 Å². The Bertz CT molecular complexity index is 432. The fraction of sp³-hybridized carbons (Fsp3) is 0.789. The lowest BCUT2D eigenvalue weighted by molar-refractivity contribution is -0.140. The van der Waals surface area contributed by atoms with Crippen molar-refractivity contribution in [1.82, 2.24) is 5.32 Å². The molecule has 0 aromatic carbocycles. The predicted octanol–water partition coefficient (Wildman–Crippen LogP) is 3.46. The van der Waals surface area contributed by atoms with E-state index < -0.39 is 0 Å². The van der Waals surface area contributed by atoms with Crippen molar-refractivity contribution in [3.8, 4) is 0 Å². The van der Waals surface area contributed by atoms with Gasteiger partial charge in [0.25, 0.3) is 0 Å². The quantitative estimate of drug-likeness (QED) is 0.402. The van der Waals surface area contributed by atoms with Crippen molar-refractivity contribution in [2.75, 3.05) is 13.7 Å². The van der Waals surface area contributed by atoms with Crippen LogP contribution in [0.2, 0.25) is 0 Å². The first-order valence-corrected chi connectivity index (χ1v) is 9.15. The minimum absolute atomic E-state index is 0.130. The molecule has 0 spiro atoms. The second-order valence-corrected chi connectivity index (χ2v) is 7.03. The molecule has 130 valence electrons. The number of fused-ring (bicyclic) bond motifs is 2. The van der Waals surface area contributed by atoms with E-state index in [1.807, 2.05) is 6.92 Å². The molecule has 2 aliphatic carbocycles. The highest BCUT2D eigenvalue weighted by atomic mass is 16.5. The van der Waals surface area contributed by atoms with Crippen LogP contribution in [-0.4, -0.2) is 25.5 Å². The summed E-state index contributed by atoms with van der Waals surface area (Å²) in [5.74, 6) is 2.85. The first-order chi connectivity index (χ1) is 11.2. The third-order valence-electron chi connectivity index (χ3n) is 5.51. The number of carbonyl (C=O) groups is 2. The highest BCUT2D eigenvalue weighted by Crippen LogP contribution is 2.52. The topological polar surface area (TPSA) is 55.4 Å². The smallest absolute Gasteiger partial charge is 0.305 e. The van der Waals surface area contributed by atoms with E-state index in [0.29, 0.717) is 24.7 Å². The van der Waals surface area contributed by atoms with Gasteiger partial charge in [-0.15, -0.1) is 0 Å². The molecular weight excluding hydrogens is 290 g/mol. The fourth-order valence-electron chi connectivity index (χ4n) is 4.32. The highest BCUT2D eigenvalue weighted by Gasteiger charge is 2.45. The Morgan fingerprint density at radius 2 is 2.00 bits per heavy atom. The molecule has 2 aliphatic rings. The summed E-state index contributed by atoms with van der Waals surface area (Å²) in [6.45, 7) is 2.87. The van der Waals surface area contributed by atoms with Crippen LogP contribution >= 0.6 is 0 Å². The van der Waals surface area contributed by atoms with E-state index in [9.17, 15) is 9.59 Å². The molecule has 2 saturated carbocycles. The monoisotopic (exact) mass is 321 g/mol. The molecule has 1 N–H and O–H groups in total. The van der Waals surface area contributed by atoms with Gasteiger partial charge in [0.1, 0.15) is 0 Å². The van der Waals surface area contributed by atoms with Crippen LogP contribution in [0.5, 0.6) is 0 Å². The largest absolute Gasteiger partial charge is 0.469 e. The van der Waals surface area contributed by atoms with Crippen molar-refractivity contribution < 1.29 is 14.3 Å². The molecule has 4 atom stereocenters. The van der Waals surface area contributed by atoms with Crippen LogP contribution < -0.4 is 5.32 Å². The molecule has 23 heavy (non-hydrogen) atoms. The number of ether oxygens (including phenoxy) is 1. The van der Waals surface area contributed by atoms with Gasteiger partial charge in [-0.1, -0.05) is 19.1 Å². The summed E-state index contributed by atoms with van der Waals surface area (Å²) in [6, 6.07) is 0. The number of allylic oxidation sites excluding steroid dienone is 2. The van der Waals surface area contributed by atoms with E-state index in [1.54, 1.807) is 0 Å². The van der Waals surface area contributed by atoms with Crippen molar-refractivity contribution in [2.24, 2.45) is 23.7 Å². The summed E-state index contributed by atoms with van der Waals surface area (Å²) in [5, 5.41) is 3.13. The molecule has 4 nitrogen and oxygen atoms in total. The molecule has 1 amide bonds. The van der Waals surface area contributed by atoms with Gasteiger partial charge in [0, 0.05) is 19.4 Å². The average molecular weight is 321 g/mol. The molecule has 4 heteroatoms. The standard InChI is InChI=1S/C19H31NO3/c1-3-7-18(21)20-13-17-15-11-10-14(12-15)16(17)8-5-4-6-9-19(22)23-2/h5,8,14-17H,3-4,6-7,9-13H2,1-2H3,(H,20,21)/b8-5-/t14-,15+,16-,17?/m0/s1. The predicted molar refractivity (Wildman–Crippen MR) is 90.7 cm³/mol. The molecule has 0 aromatic heterocycles. The molecule has 0 heterocycles. The fourth-order valence-corrected chi connectivity index (χ4v) is 4.32. The van der Waals surface area contributed by atoms with E-state index in [4.69, 9.17) is 0 Å². The molecule has 2 rings (SSSR count). The Morgan fingerprint density at radius 3 is 2.74 bits per heavy atom. The van der Waals surface area contributed by atoms with E-state index in [2.05, 4.69) is 22.2 Å². The Morgan fingerprint density at radius 1 is 1.22 bits per heavy atom. The van der Waals surface area contributed by atoms with Gasteiger partial charge in [0.05, 0.1) is 7.11 Å². The summed E-state index contributed by atoms with van der Waals surface area (Å²) in [5.41, 5.74) is 0. The third kappa shape index (κ3) is 5.08. The Hall–Kier alpha value is -1.32. The van der Waals surface area contributed by atoms with E-state index >= 15 is 0 Å². The maximum Gasteiger partial charge on any atom is 0.305 e. The zero-order chi connectivity index (χ0) is 16.7. The van der Waals surface area contributed by atoms with Gasteiger partial charge in [0.2, 0.25) is 5.91 Å². The number of amides is 1. The molecule has 2 bridgehead atoms.